The molecule has 0 bridgehead atoms. The second-order valence-corrected chi connectivity index (χ2v) is 8.30. The van der Waals surface area contributed by atoms with Crippen LogP contribution < -0.4 is 14.8 Å². The van der Waals surface area contributed by atoms with E-state index in [1.54, 1.807) is 36.4 Å². The molecule has 29 heavy (non-hydrogen) atoms. The Labute approximate surface area is 189 Å². The lowest BCUT2D eigenvalue weighted by atomic mass is 10.0. The number of fused-ring (bicyclic) bond motifs is 1. The van der Waals surface area contributed by atoms with Crippen LogP contribution in [-0.2, 0) is 0 Å². The van der Waals surface area contributed by atoms with E-state index in [2.05, 4.69) is 43.8 Å². The van der Waals surface area contributed by atoms with Crippen molar-refractivity contribution in [3.05, 3.63) is 85.4 Å². The fourth-order valence-corrected chi connectivity index (χ4v) is 4.10. The van der Waals surface area contributed by atoms with Crippen LogP contribution in [0.25, 0.3) is 0 Å². The number of carbonyl (C=O) groups excluding carboxylic acids is 2. The minimum atomic E-state index is -0.328. The molecule has 3 aromatic carbocycles. The van der Waals surface area contributed by atoms with Gasteiger partial charge in [0.2, 0.25) is 0 Å². The van der Waals surface area contributed by atoms with Crippen molar-refractivity contribution in [3.63, 3.8) is 0 Å². The molecule has 1 heterocycles. The molecule has 0 unspecified atom stereocenters. The van der Waals surface area contributed by atoms with E-state index >= 15 is 0 Å². The summed E-state index contributed by atoms with van der Waals surface area (Å²) in [7, 11) is 0. The number of hydrogen-bond acceptors (Lipinski definition) is 4. The van der Waals surface area contributed by atoms with Gasteiger partial charge in [-0.2, -0.15) is 0 Å². The van der Waals surface area contributed by atoms with Gasteiger partial charge in [-0.05, 0) is 68.9 Å². The summed E-state index contributed by atoms with van der Waals surface area (Å²) in [5.74, 6) is 0.461. The first-order chi connectivity index (χ1) is 14.0. The van der Waals surface area contributed by atoms with Crippen LogP contribution in [-0.4, -0.2) is 24.9 Å². The molecule has 0 spiro atoms. The van der Waals surface area contributed by atoms with Crippen LogP contribution in [0.5, 0.6) is 11.5 Å². The predicted octanol–water partition coefficient (Wildman–Crippen LogP) is 5.31. The fourth-order valence-electron chi connectivity index (χ4n) is 3.01. The summed E-state index contributed by atoms with van der Waals surface area (Å²) in [5.41, 5.74) is 1.75. The lowest BCUT2D eigenvalue weighted by molar-refractivity contribution is 0.102. The molecule has 0 radical (unpaired) electrons. The third-order valence-electron chi connectivity index (χ3n) is 4.41. The molecule has 5 nitrogen and oxygen atoms in total. The standard InChI is InChI=1S/C22H15BrINO4/c23-16-7-3-1-5-13(16)22(27)25-18-12-20-19(28-9-10-29-20)11-15(18)21(26)14-6-2-4-8-17(14)24/h1-8,11-12H,9-10H2,(H,25,27). The molecule has 1 aliphatic heterocycles. The Balaban J connectivity index is 1.78. The summed E-state index contributed by atoms with van der Waals surface area (Å²) in [6, 6.07) is 17.7. The molecule has 0 saturated carbocycles. The second kappa shape index (κ2) is 8.54. The number of anilines is 1. The molecule has 0 aromatic heterocycles. The van der Waals surface area contributed by atoms with Crippen LogP contribution in [0.4, 0.5) is 5.69 Å². The topological polar surface area (TPSA) is 64.6 Å². The first-order valence-corrected chi connectivity index (χ1v) is 10.7. The van der Waals surface area contributed by atoms with Crippen LogP contribution in [0.15, 0.2) is 65.1 Å². The molecular formula is C22H15BrINO4. The Morgan fingerprint density at radius 3 is 2.17 bits per heavy atom. The van der Waals surface area contributed by atoms with E-state index in [4.69, 9.17) is 9.47 Å². The van der Waals surface area contributed by atoms with Crippen molar-refractivity contribution in [2.75, 3.05) is 18.5 Å². The first-order valence-electron chi connectivity index (χ1n) is 8.83. The third kappa shape index (κ3) is 4.16. The Morgan fingerprint density at radius 1 is 0.862 bits per heavy atom. The van der Waals surface area contributed by atoms with E-state index in [0.29, 0.717) is 51.6 Å². The maximum absolute atomic E-state index is 13.3. The fraction of sp³-hybridized carbons (Fsp3) is 0.0909. The van der Waals surface area contributed by atoms with Gasteiger partial charge >= 0.3 is 0 Å². The highest BCUT2D eigenvalue weighted by Gasteiger charge is 2.23. The van der Waals surface area contributed by atoms with Crippen LogP contribution in [0.2, 0.25) is 0 Å². The summed E-state index contributed by atoms with van der Waals surface area (Å²) in [6.45, 7) is 0.820. The number of rotatable bonds is 4. The van der Waals surface area contributed by atoms with Crippen molar-refractivity contribution in [1.82, 2.24) is 0 Å². The third-order valence-corrected chi connectivity index (χ3v) is 6.04. The summed E-state index contributed by atoms with van der Waals surface area (Å²) in [4.78, 5) is 26.2. The summed E-state index contributed by atoms with van der Waals surface area (Å²) < 4.78 is 12.8. The van der Waals surface area contributed by atoms with Crippen molar-refractivity contribution in [2.24, 2.45) is 0 Å². The maximum atomic E-state index is 13.3. The molecule has 0 aliphatic carbocycles. The number of hydrogen-bond donors (Lipinski definition) is 1. The summed E-state index contributed by atoms with van der Waals surface area (Å²) >= 11 is 5.52. The lowest BCUT2D eigenvalue weighted by Gasteiger charge is -2.21. The number of benzene rings is 3. The van der Waals surface area contributed by atoms with E-state index in [-0.39, 0.29) is 11.7 Å². The number of amides is 1. The highest BCUT2D eigenvalue weighted by Crippen LogP contribution is 2.37. The van der Waals surface area contributed by atoms with Crippen LogP contribution in [0.3, 0.4) is 0 Å². The normalized spacial score (nSPS) is 12.3. The molecule has 0 atom stereocenters. The number of carbonyl (C=O) groups is 2. The van der Waals surface area contributed by atoms with Crippen LogP contribution in [0.1, 0.15) is 26.3 Å². The van der Waals surface area contributed by atoms with Gasteiger partial charge < -0.3 is 14.8 Å². The van der Waals surface area contributed by atoms with Gasteiger partial charge in [0.05, 0.1) is 16.8 Å². The van der Waals surface area contributed by atoms with E-state index < -0.39 is 0 Å². The molecule has 4 rings (SSSR count). The van der Waals surface area contributed by atoms with Gasteiger partial charge in [-0.25, -0.2) is 0 Å². The van der Waals surface area contributed by atoms with Gasteiger partial charge in [0, 0.05) is 19.7 Å². The molecular weight excluding hydrogens is 549 g/mol. The van der Waals surface area contributed by atoms with E-state index in [1.807, 2.05) is 24.3 Å². The number of nitrogens with one attached hydrogen (secondary N) is 1. The summed E-state index contributed by atoms with van der Waals surface area (Å²) in [5, 5.41) is 2.86. The zero-order valence-electron chi connectivity index (χ0n) is 15.1. The van der Waals surface area contributed by atoms with E-state index in [0.717, 1.165) is 3.57 Å². The first kappa shape index (κ1) is 19.9. The minimum Gasteiger partial charge on any atom is -0.486 e. The highest BCUT2D eigenvalue weighted by molar-refractivity contribution is 14.1. The van der Waals surface area contributed by atoms with Gasteiger partial charge in [0.15, 0.2) is 17.3 Å². The van der Waals surface area contributed by atoms with Gasteiger partial charge in [0.1, 0.15) is 13.2 Å². The van der Waals surface area contributed by atoms with Crippen molar-refractivity contribution < 1.29 is 19.1 Å². The Morgan fingerprint density at radius 2 is 1.48 bits per heavy atom. The minimum absolute atomic E-state index is 0.200. The van der Waals surface area contributed by atoms with Gasteiger partial charge in [-0.15, -0.1) is 0 Å². The van der Waals surface area contributed by atoms with Crippen LogP contribution >= 0.6 is 38.5 Å². The molecule has 0 saturated heterocycles. The molecule has 146 valence electrons. The SMILES string of the molecule is O=C(Nc1cc2c(cc1C(=O)c1ccccc1I)OCCO2)c1ccccc1Br. The van der Waals surface area contributed by atoms with Gasteiger partial charge in [-0.1, -0.05) is 24.3 Å². The molecule has 3 aromatic rings. The second-order valence-electron chi connectivity index (χ2n) is 6.28. The zero-order chi connectivity index (χ0) is 20.4. The average molecular weight is 564 g/mol. The summed E-state index contributed by atoms with van der Waals surface area (Å²) in [6.07, 6.45) is 0. The smallest absolute Gasteiger partial charge is 0.256 e. The van der Waals surface area contributed by atoms with E-state index in [9.17, 15) is 9.59 Å². The molecule has 0 fully saturated rings. The Hall–Kier alpha value is -2.39. The predicted molar refractivity (Wildman–Crippen MR) is 122 cm³/mol. The number of ketones is 1. The molecule has 7 heteroatoms. The maximum Gasteiger partial charge on any atom is 0.256 e. The highest BCUT2D eigenvalue weighted by atomic mass is 127. The largest absolute Gasteiger partial charge is 0.486 e. The number of halogens is 2. The monoisotopic (exact) mass is 563 g/mol. The Bertz CT molecular complexity index is 1120. The van der Waals surface area contributed by atoms with Gasteiger partial charge in [0.25, 0.3) is 5.91 Å². The quantitative estimate of drug-likeness (QED) is 0.345. The lowest BCUT2D eigenvalue weighted by Crippen LogP contribution is -2.19. The van der Waals surface area contributed by atoms with Gasteiger partial charge in [-0.3, -0.25) is 9.59 Å². The van der Waals surface area contributed by atoms with Crippen molar-refractivity contribution in [2.45, 2.75) is 0 Å². The van der Waals surface area contributed by atoms with E-state index in [1.165, 1.54) is 0 Å². The zero-order valence-corrected chi connectivity index (χ0v) is 18.8. The average Bonchev–Trinajstić information content (AvgIpc) is 2.73. The van der Waals surface area contributed by atoms with Crippen molar-refractivity contribution in [3.8, 4) is 11.5 Å². The Kier molecular flexibility index (Phi) is 5.86. The van der Waals surface area contributed by atoms with Crippen molar-refractivity contribution in [1.29, 1.82) is 0 Å². The van der Waals surface area contributed by atoms with Crippen LogP contribution in [0, 0.1) is 3.57 Å². The van der Waals surface area contributed by atoms with Crippen molar-refractivity contribution >= 4 is 55.9 Å². The number of ether oxygens (including phenoxy) is 2. The molecule has 1 amide bonds. The molecule has 1 N–H and O–H groups in total. The molecule has 1 aliphatic rings.